The van der Waals surface area contributed by atoms with Crippen LogP contribution < -0.4 is 5.32 Å². The van der Waals surface area contributed by atoms with Crippen molar-refractivity contribution < 1.29 is 19.4 Å². The summed E-state index contributed by atoms with van der Waals surface area (Å²) in [6, 6.07) is 0.402. The van der Waals surface area contributed by atoms with Crippen LogP contribution in [0.2, 0.25) is 0 Å². The molecular weight excluding hydrogens is 246 g/mol. The van der Waals surface area contributed by atoms with Crippen LogP contribution in [0.4, 0.5) is 0 Å². The van der Waals surface area contributed by atoms with Gasteiger partial charge in [0, 0.05) is 12.5 Å². The second-order valence-electron chi connectivity index (χ2n) is 5.96. The Bertz CT molecular complexity index is 317. The summed E-state index contributed by atoms with van der Waals surface area (Å²) < 4.78 is 11.2. The predicted molar refractivity (Wildman–Crippen MR) is 71.2 cm³/mol. The van der Waals surface area contributed by atoms with Crippen LogP contribution in [0.15, 0.2) is 0 Å². The first-order valence-corrected chi connectivity index (χ1v) is 7.26. The lowest BCUT2D eigenvalue weighted by Gasteiger charge is -2.26. The first kappa shape index (κ1) is 14.8. The Morgan fingerprint density at radius 1 is 1.37 bits per heavy atom. The van der Waals surface area contributed by atoms with E-state index in [-0.39, 0.29) is 12.2 Å². The second kappa shape index (κ2) is 6.20. The quantitative estimate of drug-likeness (QED) is 0.656. The molecule has 2 saturated carbocycles. The van der Waals surface area contributed by atoms with E-state index in [2.05, 4.69) is 5.32 Å². The molecule has 2 atom stereocenters. The molecule has 2 aliphatic carbocycles. The number of hydrogen-bond donors (Lipinski definition) is 2. The van der Waals surface area contributed by atoms with Crippen molar-refractivity contribution >= 4 is 5.97 Å². The molecule has 2 N–H and O–H groups in total. The maximum atomic E-state index is 11.5. The zero-order chi connectivity index (χ0) is 13.9. The van der Waals surface area contributed by atoms with E-state index < -0.39 is 11.5 Å². The molecule has 0 amide bonds. The third-order valence-electron chi connectivity index (χ3n) is 3.82. The van der Waals surface area contributed by atoms with Crippen LogP contribution in [0, 0.1) is 0 Å². The van der Waals surface area contributed by atoms with Gasteiger partial charge in [0.25, 0.3) is 0 Å². The van der Waals surface area contributed by atoms with E-state index >= 15 is 0 Å². The minimum atomic E-state index is -0.759. The molecular formula is C14H25NO4. The molecule has 0 heterocycles. The van der Waals surface area contributed by atoms with Gasteiger partial charge in [0.15, 0.2) is 0 Å². The number of carboxylic acid groups (broad SMARTS) is 1. The van der Waals surface area contributed by atoms with Gasteiger partial charge in [-0.1, -0.05) is 0 Å². The lowest BCUT2D eigenvalue weighted by atomic mass is 9.97. The second-order valence-corrected chi connectivity index (χ2v) is 5.96. The summed E-state index contributed by atoms with van der Waals surface area (Å²) in [6.07, 6.45) is 4.49. The van der Waals surface area contributed by atoms with Crippen LogP contribution in [0.5, 0.6) is 0 Å². The molecule has 5 nitrogen and oxygen atoms in total. The largest absolute Gasteiger partial charge is 0.480 e. The minimum Gasteiger partial charge on any atom is -0.480 e. The van der Waals surface area contributed by atoms with Crippen molar-refractivity contribution in [1.82, 2.24) is 5.32 Å². The monoisotopic (exact) mass is 271 g/mol. The van der Waals surface area contributed by atoms with Gasteiger partial charge in [-0.2, -0.15) is 0 Å². The molecule has 2 aliphatic rings. The fraction of sp³-hybridized carbons (Fsp3) is 0.929. The van der Waals surface area contributed by atoms with Gasteiger partial charge in [-0.15, -0.1) is 0 Å². The third kappa shape index (κ3) is 4.16. The summed E-state index contributed by atoms with van der Waals surface area (Å²) in [7, 11) is 0. The summed E-state index contributed by atoms with van der Waals surface area (Å²) in [5, 5.41) is 12.8. The highest BCUT2D eigenvalue weighted by molar-refractivity contribution is 5.79. The molecule has 5 heteroatoms. The number of carbonyl (C=O) groups is 1. The van der Waals surface area contributed by atoms with Gasteiger partial charge in [-0.05, 0) is 39.5 Å². The maximum absolute atomic E-state index is 11.5. The van der Waals surface area contributed by atoms with E-state index in [1.165, 1.54) is 0 Å². The fourth-order valence-corrected chi connectivity index (χ4v) is 2.65. The molecule has 0 spiro atoms. The molecule has 0 saturated heterocycles. The molecule has 0 aliphatic heterocycles. The molecule has 0 bridgehead atoms. The normalized spacial score (nSPS) is 31.0. The zero-order valence-electron chi connectivity index (χ0n) is 11.9. The van der Waals surface area contributed by atoms with Crippen LogP contribution in [0.25, 0.3) is 0 Å². The van der Waals surface area contributed by atoms with Crippen molar-refractivity contribution in [2.75, 3.05) is 13.2 Å². The van der Waals surface area contributed by atoms with Gasteiger partial charge in [0.1, 0.15) is 5.54 Å². The van der Waals surface area contributed by atoms with Crippen LogP contribution in [-0.4, -0.2) is 48.1 Å². The van der Waals surface area contributed by atoms with Crippen molar-refractivity contribution in [3.05, 3.63) is 0 Å². The number of carboxylic acids is 1. The van der Waals surface area contributed by atoms with Crippen LogP contribution in [0.1, 0.15) is 46.0 Å². The highest BCUT2D eigenvalue weighted by Crippen LogP contribution is 2.35. The molecule has 19 heavy (non-hydrogen) atoms. The predicted octanol–water partition coefficient (Wildman–Crippen LogP) is 1.56. The maximum Gasteiger partial charge on any atom is 0.324 e. The van der Waals surface area contributed by atoms with Crippen molar-refractivity contribution in [2.24, 2.45) is 0 Å². The Balaban J connectivity index is 1.74. The molecule has 0 aromatic rings. The molecule has 2 fully saturated rings. The average Bonchev–Trinajstić information content (AvgIpc) is 3.04. The lowest BCUT2D eigenvalue weighted by molar-refractivity contribution is -0.145. The molecule has 2 unspecified atom stereocenters. The van der Waals surface area contributed by atoms with E-state index in [1.54, 1.807) is 0 Å². The topological polar surface area (TPSA) is 67.8 Å². The van der Waals surface area contributed by atoms with Gasteiger partial charge >= 0.3 is 5.97 Å². The Kier molecular flexibility index (Phi) is 4.81. The molecule has 110 valence electrons. The van der Waals surface area contributed by atoms with Crippen molar-refractivity contribution in [1.29, 1.82) is 0 Å². The van der Waals surface area contributed by atoms with Gasteiger partial charge in [0.05, 0.1) is 25.4 Å². The Morgan fingerprint density at radius 2 is 2.11 bits per heavy atom. The molecule has 2 rings (SSSR count). The molecule has 0 aromatic carbocycles. The van der Waals surface area contributed by atoms with Gasteiger partial charge < -0.3 is 14.6 Å². The highest BCUT2D eigenvalue weighted by Gasteiger charge is 2.48. The van der Waals surface area contributed by atoms with Crippen LogP contribution in [-0.2, 0) is 14.3 Å². The molecule has 0 radical (unpaired) electrons. The lowest BCUT2D eigenvalue weighted by Crippen LogP contribution is -2.51. The van der Waals surface area contributed by atoms with Crippen molar-refractivity contribution in [3.8, 4) is 0 Å². The van der Waals surface area contributed by atoms with Crippen molar-refractivity contribution in [3.63, 3.8) is 0 Å². The van der Waals surface area contributed by atoms with Gasteiger partial charge in [-0.25, -0.2) is 0 Å². The standard InChI is InChI=1S/C14H25NO4/c1-10(2)18-7-8-19-12-5-6-14(9-12,13(16)17)15-11-3-4-11/h10-12,15H,3-9H2,1-2H3,(H,16,17). The first-order valence-electron chi connectivity index (χ1n) is 7.26. The summed E-state index contributed by atoms with van der Waals surface area (Å²) in [4.78, 5) is 11.5. The van der Waals surface area contributed by atoms with Gasteiger partial charge in [0.2, 0.25) is 0 Å². The smallest absolute Gasteiger partial charge is 0.324 e. The number of nitrogens with one attached hydrogen (secondary N) is 1. The van der Waals surface area contributed by atoms with E-state index in [4.69, 9.17) is 9.47 Å². The summed E-state index contributed by atoms with van der Waals surface area (Å²) in [6.45, 7) is 5.10. The van der Waals surface area contributed by atoms with Crippen LogP contribution >= 0.6 is 0 Å². The van der Waals surface area contributed by atoms with E-state index in [1.807, 2.05) is 13.8 Å². The van der Waals surface area contributed by atoms with E-state index in [0.29, 0.717) is 32.1 Å². The minimum absolute atomic E-state index is 0.0399. The number of ether oxygens (including phenoxy) is 2. The third-order valence-corrected chi connectivity index (χ3v) is 3.82. The average molecular weight is 271 g/mol. The SMILES string of the molecule is CC(C)OCCOC1CCC(NC2CC2)(C(=O)O)C1. The molecule has 0 aromatic heterocycles. The van der Waals surface area contributed by atoms with Gasteiger partial charge in [-0.3, -0.25) is 10.1 Å². The number of rotatable bonds is 8. The van der Waals surface area contributed by atoms with E-state index in [0.717, 1.165) is 19.3 Å². The number of aliphatic carboxylic acids is 1. The van der Waals surface area contributed by atoms with Crippen LogP contribution in [0.3, 0.4) is 0 Å². The fourth-order valence-electron chi connectivity index (χ4n) is 2.65. The van der Waals surface area contributed by atoms with Crippen molar-refractivity contribution in [2.45, 2.75) is 69.7 Å². The number of hydrogen-bond acceptors (Lipinski definition) is 4. The zero-order valence-corrected chi connectivity index (χ0v) is 11.9. The summed E-state index contributed by atoms with van der Waals surface area (Å²) in [5.41, 5.74) is -0.759. The highest BCUT2D eigenvalue weighted by atomic mass is 16.5. The van der Waals surface area contributed by atoms with E-state index in [9.17, 15) is 9.90 Å². The summed E-state index contributed by atoms with van der Waals surface area (Å²) >= 11 is 0. The summed E-state index contributed by atoms with van der Waals surface area (Å²) in [5.74, 6) is -0.732. The first-order chi connectivity index (χ1) is 9.02. The Hall–Kier alpha value is -0.650. The Morgan fingerprint density at radius 3 is 2.68 bits per heavy atom. The Labute approximate surface area is 114 Å².